The van der Waals surface area contributed by atoms with Crippen LogP contribution >= 0.6 is 0 Å². The Hall–Kier alpha value is -1.55. The van der Waals surface area contributed by atoms with Crippen molar-refractivity contribution in [2.75, 3.05) is 27.2 Å². The third-order valence-electron chi connectivity index (χ3n) is 3.13. The van der Waals surface area contributed by atoms with Gasteiger partial charge in [0.05, 0.1) is 13.3 Å². The number of aromatic nitrogens is 2. The van der Waals surface area contributed by atoms with E-state index in [0.29, 0.717) is 0 Å². The van der Waals surface area contributed by atoms with Crippen LogP contribution in [0.15, 0.2) is 18.5 Å². The van der Waals surface area contributed by atoms with Crippen LogP contribution in [0.25, 0.3) is 11.0 Å². The summed E-state index contributed by atoms with van der Waals surface area (Å²) in [5.41, 5.74) is 2.23. The van der Waals surface area contributed by atoms with Crippen LogP contribution in [0.5, 0.6) is 5.75 Å². The first-order valence-electron chi connectivity index (χ1n) is 5.93. The molecule has 0 spiro atoms. The number of nitrogens with zero attached hydrogens (tertiary/aromatic N) is 2. The van der Waals surface area contributed by atoms with Crippen LogP contribution in [-0.4, -0.2) is 42.1 Å². The Balaban J connectivity index is 2.22. The number of hydrogen-bond acceptors (Lipinski definition) is 3. The average molecular weight is 233 g/mol. The lowest BCUT2D eigenvalue weighted by Crippen LogP contribution is -2.20. The normalized spacial score (nSPS) is 11.3. The second kappa shape index (κ2) is 5.19. The molecule has 0 aliphatic carbocycles. The number of nitrogens with one attached hydrogen (secondary N) is 1. The van der Waals surface area contributed by atoms with Gasteiger partial charge in [-0.3, -0.25) is 0 Å². The summed E-state index contributed by atoms with van der Waals surface area (Å²) >= 11 is 0. The fraction of sp³-hybridized carbons (Fsp3) is 0.462. The molecular formula is C13H19N3O. The van der Waals surface area contributed by atoms with Crippen molar-refractivity contribution < 1.29 is 4.74 Å². The van der Waals surface area contributed by atoms with E-state index < -0.39 is 0 Å². The summed E-state index contributed by atoms with van der Waals surface area (Å²) in [6.45, 7) is 4.30. The Kier molecular flexibility index (Phi) is 3.64. The minimum absolute atomic E-state index is 0.808. The molecule has 0 aromatic carbocycles. The van der Waals surface area contributed by atoms with Crippen molar-refractivity contribution in [3.05, 3.63) is 24.0 Å². The zero-order chi connectivity index (χ0) is 12.3. The van der Waals surface area contributed by atoms with Crippen LogP contribution in [0.4, 0.5) is 0 Å². The van der Waals surface area contributed by atoms with Crippen molar-refractivity contribution in [2.45, 2.75) is 13.3 Å². The van der Waals surface area contributed by atoms with Crippen LogP contribution in [0.1, 0.15) is 12.5 Å². The van der Waals surface area contributed by atoms with Crippen LogP contribution in [0, 0.1) is 0 Å². The highest BCUT2D eigenvalue weighted by atomic mass is 16.5. The molecule has 0 fully saturated rings. The van der Waals surface area contributed by atoms with Gasteiger partial charge in [0.2, 0.25) is 0 Å². The van der Waals surface area contributed by atoms with Gasteiger partial charge in [-0.05, 0) is 31.6 Å². The summed E-state index contributed by atoms with van der Waals surface area (Å²) in [5, 5.41) is 1.16. The molecular weight excluding hydrogens is 214 g/mol. The molecule has 0 atom stereocenters. The molecule has 2 rings (SSSR count). The van der Waals surface area contributed by atoms with Crippen molar-refractivity contribution in [3.8, 4) is 5.75 Å². The number of pyridine rings is 1. The van der Waals surface area contributed by atoms with Gasteiger partial charge in [-0.25, -0.2) is 4.98 Å². The Morgan fingerprint density at radius 1 is 1.47 bits per heavy atom. The predicted molar refractivity (Wildman–Crippen MR) is 69.5 cm³/mol. The Labute approximate surface area is 102 Å². The molecule has 4 nitrogen and oxygen atoms in total. The first-order valence-corrected chi connectivity index (χ1v) is 5.93. The van der Waals surface area contributed by atoms with E-state index in [9.17, 15) is 0 Å². The van der Waals surface area contributed by atoms with E-state index in [-0.39, 0.29) is 0 Å². The van der Waals surface area contributed by atoms with Crippen LogP contribution < -0.4 is 4.74 Å². The van der Waals surface area contributed by atoms with E-state index in [2.05, 4.69) is 28.8 Å². The number of hydrogen-bond donors (Lipinski definition) is 1. The molecule has 0 unspecified atom stereocenters. The zero-order valence-corrected chi connectivity index (χ0v) is 10.7. The molecule has 92 valence electrons. The molecule has 0 amide bonds. The number of aromatic amines is 1. The third-order valence-corrected chi connectivity index (χ3v) is 3.13. The average Bonchev–Trinajstić information content (AvgIpc) is 2.78. The lowest BCUT2D eigenvalue weighted by molar-refractivity contribution is 0.358. The fourth-order valence-electron chi connectivity index (χ4n) is 1.83. The standard InChI is InChI=1S/C13H19N3O/c1-4-16(2)6-5-10-8-14-13-12(10)7-11(17-3)9-15-13/h7-9H,4-6H2,1-3H3,(H,14,15). The van der Waals surface area contributed by atoms with Crippen molar-refractivity contribution in [3.63, 3.8) is 0 Å². The van der Waals surface area contributed by atoms with E-state index >= 15 is 0 Å². The highest BCUT2D eigenvalue weighted by Gasteiger charge is 2.06. The summed E-state index contributed by atoms with van der Waals surface area (Å²) in [6.07, 6.45) is 4.81. The lowest BCUT2D eigenvalue weighted by atomic mass is 10.1. The molecule has 1 N–H and O–H groups in total. The topological polar surface area (TPSA) is 41.2 Å². The number of H-pyrrole nitrogens is 1. The minimum Gasteiger partial charge on any atom is -0.495 e. The second-order valence-corrected chi connectivity index (χ2v) is 4.23. The maximum absolute atomic E-state index is 5.21. The smallest absolute Gasteiger partial charge is 0.137 e. The largest absolute Gasteiger partial charge is 0.495 e. The number of fused-ring (bicyclic) bond motifs is 1. The third kappa shape index (κ3) is 2.58. The molecule has 0 saturated heterocycles. The molecule has 2 aromatic heterocycles. The monoisotopic (exact) mass is 233 g/mol. The van der Waals surface area contributed by atoms with E-state index in [1.165, 1.54) is 5.56 Å². The molecule has 0 saturated carbocycles. The van der Waals surface area contributed by atoms with Crippen LogP contribution in [0.2, 0.25) is 0 Å². The summed E-state index contributed by atoms with van der Waals surface area (Å²) in [7, 11) is 3.80. The Bertz CT molecular complexity index is 492. The number of methoxy groups -OCH3 is 1. The van der Waals surface area contributed by atoms with Gasteiger partial charge >= 0.3 is 0 Å². The van der Waals surface area contributed by atoms with Crippen molar-refractivity contribution in [2.24, 2.45) is 0 Å². The van der Waals surface area contributed by atoms with Gasteiger partial charge in [0.15, 0.2) is 0 Å². The molecule has 0 bridgehead atoms. The minimum atomic E-state index is 0.808. The second-order valence-electron chi connectivity index (χ2n) is 4.23. The lowest BCUT2D eigenvalue weighted by Gasteiger charge is -2.12. The van der Waals surface area contributed by atoms with Gasteiger partial charge in [-0.15, -0.1) is 0 Å². The number of rotatable bonds is 5. The van der Waals surface area contributed by atoms with Gasteiger partial charge in [0, 0.05) is 18.1 Å². The van der Waals surface area contributed by atoms with Gasteiger partial charge in [0.1, 0.15) is 11.4 Å². The molecule has 2 aromatic rings. The molecule has 17 heavy (non-hydrogen) atoms. The highest BCUT2D eigenvalue weighted by molar-refractivity contribution is 5.80. The molecule has 0 aliphatic heterocycles. The molecule has 2 heterocycles. The summed E-state index contributed by atoms with van der Waals surface area (Å²) < 4.78 is 5.21. The van der Waals surface area contributed by atoms with Crippen molar-refractivity contribution in [1.29, 1.82) is 0 Å². The number of ether oxygens (including phenoxy) is 1. The van der Waals surface area contributed by atoms with Gasteiger partial charge in [-0.2, -0.15) is 0 Å². The first-order chi connectivity index (χ1) is 8.24. The zero-order valence-electron chi connectivity index (χ0n) is 10.7. The number of likely N-dealkylation sites (N-methyl/N-ethyl adjacent to an activating group) is 1. The van der Waals surface area contributed by atoms with Gasteiger partial charge in [0.25, 0.3) is 0 Å². The summed E-state index contributed by atoms with van der Waals surface area (Å²) in [4.78, 5) is 9.82. The van der Waals surface area contributed by atoms with E-state index in [4.69, 9.17) is 4.74 Å². The van der Waals surface area contributed by atoms with Gasteiger partial charge in [-0.1, -0.05) is 6.92 Å². The van der Waals surface area contributed by atoms with Crippen LogP contribution in [0.3, 0.4) is 0 Å². The van der Waals surface area contributed by atoms with E-state index in [1.807, 2.05) is 12.3 Å². The van der Waals surface area contributed by atoms with Gasteiger partial charge < -0.3 is 14.6 Å². The SMILES string of the molecule is CCN(C)CCc1c[nH]c2ncc(OC)cc12. The maximum atomic E-state index is 5.21. The molecule has 0 aliphatic rings. The van der Waals surface area contributed by atoms with Crippen molar-refractivity contribution >= 4 is 11.0 Å². The molecule has 4 heteroatoms. The predicted octanol–water partition coefficient (Wildman–Crippen LogP) is 2.07. The van der Waals surface area contributed by atoms with E-state index in [0.717, 1.165) is 36.3 Å². The van der Waals surface area contributed by atoms with Crippen molar-refractivity contribution in [1.82, 2.24) is 14.9 Å². The molecule has 0 radical (unpaired) electrons. The Morgan fingerprint density at radius 3 is 3.00 bits per heavy atom. The quantitative estimate of drug-likeness (QED) is 0.859. The summed E-state index contributed by atoms with van der Waals surface area (Å²) in [5.74, 6) is 0.808. The van der Waals surface area contributed by atoms with Crippen LogP contribution in [-0.2, 0) is 6.42 Å². The van der Waals surface area contributed by atoms with E-state index in [1.54, 1.807) is 13.3 Å². The highest BCUT2D eigenvalue weighted by Crippen LogP contribution is 2.21. The summed E-state index contributed by atoms with van der Waals surface area (Å²) in [6, 6.07) is 2.04. The first kappa shape index (κ1) is 11.9. The fourth-order valence-corrected chi connectivity index (χ4v) is 1.83. The Morgan fingerprint density at radius 2 is 2.29 bits per heavy atom. The maximum Gasteiger partial charge on any atom is 0.137 e.